The van der Waals surface area contributed by atoms with Gasteiger partial charge in [0, 0.05) is 25.3 Å². The third-order valence-corrected chi connectivity index (χ3v) is 3.90. The number of imidazole rings is 1. The maximum Gasteiger partial charge on any atom is 0.0948 e. The van der Waals surface area contributed by atoms with E-state index in [1.807, 2.05) is 18.6 Å². The van der Waals surface area contributed by atoms with Gasteiger partial charge < -0.3 is 15.0 Å². The fourth-order valence-corrected chi connectivity index (χ4v) is 2.77. The standard InChI is InChI=1S/C16H21N3O/c17-15(8-13-4-2-1-3-5-13)16-9-18-12-19(16)10-14-6-7-20-11-14/h1-5,9,12,14-15H,6-8,10-11,17H2/t14?,15-/m1/s1. The van der Waals surface area contributed by atoms with E-state index in [1.165, 1.54) is 5.56 Å². The zero-order chi connectivity index (χ0) is 13.8. The van der Waals surface area contributed by atoms with Crippen LogP contribution in [0.4, 0.5) is 0 Å². The van der Waals surface area contributed by atoms with Gasteiger partial charge in [-0.25, -0.2) is 4.98 Å². The molecule has 1 unspecified atom stereocenters. The van der Waals surface area contributed by atoms with Crippen molar-refractivity contribution in [3.63, 3.8) is 0 Å². The number of aromatic nitrogens is 2. The van der Waals surface area contributed by atoms with Crippen molar-refractivity contribution in [3.05, 3.63) is 54.1 Å². The Bertz CT molecular complexity index is 532. The van der Waals surface area contributed by atoms with Crippen molar-refractivity contribution in [2.45, 2.75) is 25.4 Å². The van der Waals surface area contributed by atoms with Crippen LogP contribution in [0, 0.1) is 5.92 Å². The molecule has 1 aromatic heterocycles. The third kappa shape index (κ3) is 3.08. The first-order chi connectivity index (χ1) is 9.83. The Kier molecular flexibility index (Phi) is 4.14. The highest BCUT2D eigenvalue weighted by molar-refractivity contribution is 5.18. The molecule has 0 bridgehead atoms. The second kappa shape index (κ2) is 6.20. The van der Waals surface area contributed by atoms with Crippen LogP contribution in [0.3, 0.4) is 0 Å². The van der Waals surface area contributed by atoms with Crippen LogP contribution in [0.2, 0.25) is 0 Å². The minimum absolute atomic E-state index is 0.0118. The van der Waals surface area contributed by atoms with Gasteiger partial charge in [-0.3, -0.25) is 0 Å². The third-order valence-electron chi connectivity index (χ3n) is 3.90. The van der Waals surface area contributed by atoms with Crippen LogP contribution in [-0.4, -0.2) is 22.8 Å². The van der Waals surface area contributed by atoms with Crippen LogP contribution >= 0.6 is 0 Å². The Balaban J connectivity index is 1.68. The first-order valence-electron chi connectivity index (χ1n) is 7.20. The van der Waals surface area contributed by atoms with E-state index in [2.05, 4.69) is 33.8 Å². The monoisotopic (exact) mass is 271 g/mol. The molecule has 0 radical (unpaired) electrons. The second-order valence-electron chi connectivity index (χ2n) is 5.50. The molecule has 1 aliphatic heterocycles. The average molecular weight is 271 g/mol. The van der Waals surface area contributed by atoms with E-state index in [9.17, 15) is 0 Å². The fraction of sp³-hybridized carbons (Fsp3) is 0.438. The largest absolute Gasteiger partial charge is 0.381 e. The molecule has 1 aliphatic rings. The molecule has 2 atom stereocenters. The maximum absolute atomic E-state index is 6.35. The summed E-state index contributed by atoms with van der Waals surface area (Å²) < 4.78 is 7.62. The zero-order valence-corrected chi connectivity index (χ0v) is 11.6. The SMILES string of the molecule is N[C@H](Cc1ccccc1)c1cncn1CC1CCOC1. The van der Waals surface area contributed by atoms with Gasteiger partial charge >= 0.3 is 0 Å². The van der Waals surface area contributed by atoms with Crippen molar-refractivity contribution in [1.82, 2.24) is 9.55 Å². The molecule has 0 saturated carbocycles. The molecule has 2 N–H and O–H groups in total. The number of ether oxygens (including phenoxy) is 1. The first-order valence-corrected chi connectivity index (χ1v) is 7.20. The Morgan fingerprint density at radius 3 is 2.95 bits per heavy atom. The molecule has 106 valence electrons. The van der Waals surface area contributed by atoms with Gasteiger partial charge in [-0.2, -0.15) is 0 Å². The summed E-state index contributed by atoms with van der Waals surface area (Å²) in [6.07, 6.45) is 5.75. The Morgan fingerprint density at radius 1 is 1.35 bits per heavy atom. The van der Waals surface area contributed by atoms with Crippen molar-refractivity contribution in [2.75, 3.05) is 13.2 Å². The summed E-state index contributed by atoms with van der Waals surface area (Å²) in [6.45, 7) is 2.69. The molecule has 20 heavy (non-hydrogen) atoms. The lowest BCUT2D eigenvalue weighted by molar-refractivity contribution is 0.182. The summed E-state index contributed by atoms with van der Waals surface area (Å²) in [5, 5.41) is 0. The lowest BCUT2D eigenvalue weighted by atomic mass is 10.0. The van der Waals surface area contributed by atoms with E-state index in [1.54, 1.807) is 0 Å². The molecule has 0 amide bonds. The van der Waals surface area contributed by atoms with E-state index in [0.717, 1.165) is 38.3 Å². The van der Waals surface area contributed by atoms with E-state index >= 15 is 0 Å². The molecule has 3 rings (SSSR count). The minimum Gasteiger partial charge on any atom is -0.381 e. The molecule has 0 spiro atoms. The van der Waals surface area contributed by atoms with E-state index < -0.39 is 0 Å². The van der Waals surface area contributed by atoms with Crippen molar-refractivity contribution in [1.29, 1.82) is 0 Å². The second-order valence-corrected chi connectivity index (χ2v) is 5.50. The van der Waals surface area contributed by atoms with Crippen LogP contribution in [0.25, 0.3) is 0 Å². The lowest BCUT2D eigenvalue weighted by Crippen LogP contribution is -2.20. The van der Waals surface area contributed by atoms with Gasteiger partial charge in [0.2, 0.25) is 0 Å². The van der Waals surface area contributed by atoms with Crippen LogP contribution < -0.4 is 5.73 Å². The molecule has 4 nitrogen and oxygen atoms in total. The number of hydrogen-bond donors (Lipinski definition) is 1. The van der Waals surface area contributed by atoms with Gasteiger partial charge in [0.15, 0.2) is 0 Å². The number of nitrogens with two attached hydrogens (primary N) is 1. The van der Waals surface area contributed by atoms with Crippen molar-refractivity contribution >= 4 is 0 Å². The number of rotatable bonds is 5. The summed E-state index contributed by atoms with van der Waals surface area (Å²) in [5.74, 6) is 0.590. The topological polar surface area (TPSA) is 53.1 Å². The highest BCUT2D eigenvalue weighted by atomic mass is 16.5. The molecule has 2 heterocycles. The molecule has 0 aliphatic carbocycles. The quantitative estimate of drug-likeness (QED) is 0.906. The van der Waals surface area contributed by atoms with Crippen LogP contribution in [0.15, 0.2) is 42.9 Å². The molecule has 1 saturated heterocycles. The van der Waals surface area contributed by atoms with E-state index in [-0.39, 0.29) is 6.04 Å². The van der Waals surface area contributed by atoms with Gasteiger partial charge in [0.25, 0.3) is 0 Å². The number of benzene rings is 1. The predicted molar refractivity (Wildman–Crippen MR) is 78.2 cm³/mol. The molecule has 1 fully saturated rings. The van der Waals surface area contributed by atoms with Crippen molar-refractivity contribution in [3.8, 4) is 0 Å². The smallest absolute Gasteiger partial charge is 0.0948 e. The Labute approximate surface area is 119 Å². The van der Waals surface area contributed by atoms with E-state index in [4.69, 9.17) is 10.5 Å². The maximum atomic E-state index is 6.35. The molecular formula is C16H21N3O. The summed E-state index contributed by atoms with van der Waals surface area (Å²) in [6, 6.07) is 10.3. The summed E-state index contributed by atoms with van der Waals surface area (Å²) in [4.78, 5) is 4.27. The van der Waals surface area contributed by atoms with E-state index in [0.29, 0.717) is 5.92 Å². The van der Waals surface area contributed by atoms with Crippen LogP contribution in [-0.2, 0) is 17.7 Å². The van der Waals surface area contributed by atoms with Gasteiger partial charge in [0.1, 0.15) is 0 Å². The molecule has 4 heteroatoms. The van der Waals surface area contributed by atoms with Crippen LogP contribution in [0.5, 0.6) is 0 Å². The van der Waals surface area contributed by atoms with Gasteiger partial charge in [-0.1, -0.05) is 30.3 Å². The highest BCUT2D eigenvalue weighted by Gasteiger charge is 2.19. The zero-order valence-electron chi connectivity index (χ0n) is 11.6. The summed E-state index contributed by atoms with van der Waals surface area (Å²) >= 11 is 0. The number of hydrogen-bond acceptors (Lipinski definition) is 3. The highest BCUT2D eigenvalue weighted by Crippen LogP contribution is 2.20. The van der Waals surface area contributed by atoms with Gasteiger partial charge in [0.05, 0.1) is 24.7 Å². The normalized spacial score (nSPS) is 20.1. The molecule has 2 aromatic rings. The Hall–Kier alpha value is -1.65. The van der Waals surface area contributed by atoms with Crippen molar-refractivity contribution < 1.29 is 4.74 Å². The average Bonchev–Trinajstić information content (AvgIpc) is 3.12. The summed E-state index contributed by atoms with van der Waals surface area (Å²) in [7, 11) is 0. The number of nitrogens with zero attached hydrogens (tertiary/aromatic N) is 2. The predicted octanol–water partition coefficient (Wildman–Crippen LogP) is 2.16. The van der Waals surface area contributed by atoms with Gasteiger partial charge in [-0.05, 0) is 18.4 Å². The fourth-order valence-electron chi connectivity index (χ4n) is 2.77. The summed E-state index contributed by atoms with van der Waals surface area (Å²) in [5.41, 5.74) is 8.73. The van der Waals surface area contributed by atoms with Crippen molar-refractivity contribution in [2.24, 2.45) is 11.7 Å². The first kappa shape index (κ1) is 13.3. The lowest BCUT2D eigenvalue weighted by Gasteiger charge is -2.17. The molecular weight excluding hydrogens is 250 g/mol. The molecule has 1 aromatic carbocycles. The van der Waals surface area contributed by atoms with Crippen LogP contribution in [0.1, 0.15) is 23.7 Å². The minimum atomic E-state index is -0.0118. The Morgan fingerprint density at radius 2 is 2.20 bits per heavy atom. The van der Waals surface area contributed by atoms with Gasteiger partial charge in [-0.15, -0.1) is 0 Å².